The first kappa shape index (κ1) is 19.1. The molecule has 0 fully saturated rings. The van der Waals surface area contributed by atoms with Crippen LogP contribution in [-0.4, -0.2) is 10.2 Å². The fraction of sp³-hybridized carbons (Fsp3) is 0.167. The molecule has 2 atom stereocenters. The van der Waals surface area contributed by atoms with Gasteiger partial charge < -0.3 is 26.4 Å². The number of benzene rings is 2. The average molecular weight is 388 g/mol. The molecule has 2 aromatic carbocycles. The van der Waals surface area contributed by atoms with Crippen LogP contribution in [0.3, 0.4) is 0 Å². The Kier molecular flexibility index (Phi) is 4.78. The molecule has 2 aliphatic rings. The second-order valence-corrected chi connectivity index (χ2v) is 7.46. The molecular formula is C24H24N2O3. The van der Waals surface area contributed by atoms with Gasteiger partial charge in [0.15, 0.2) is 0 Å². The summed E-state index contributed by atoms with van der Waals surface area (Å²) in [6.45, 7) is 0. The van der Waals surface area contributed by atoms with Crippen molar-refractivity contribution in [2.45, 2.75) is 24.0 Å². The van der Waals surface area contributed by atoms with Crippen LogP contribution in [0.1, 0.15) is 24.0 Å². The van der Waals surface area contributed by atoms with E-state index < -0.39 is 11.2 Å². The van der Waals surface area contributed by atoms with Gasteiger partial charge in [0.25, 0.3) is 0 Å². The van der Waals surface area contributed by atoms with Crippen LogP contribution in [-0.2, 0) is 15.9 Å². The second-order valence-electron chi connectivity index (χ2n) is 7.46. The number of nitrogen functional groups attached to an aromatic ring is 2. The van der Waals surface area contributed by atoms with Crippen molar-refractivity contribution in [2.24, 2.45) is 0 Å². The van der Waals surface area contributed by atoms with Crippen molar-refractivity contribution in [3.05, 3.63) is 108 Å². The van der Waals surface area contributed by atoms with Gasteiger partial charge >= 0.3 is 0 Å². The lowest BCUT2D eigenvalue weighted by Crippen LogP contribution is -2.29. The molecule has 0 radical (unpaired) electrons. The maximum absolute atomic E-state index is 11.2. The maximum atomic E-state index is 11.2. The number of hydrogen-bond donors (Lipinski definition) is 4. The van der Waals surface area contributed by atoms with E-state index in [0.717, 1.165) is 0 Å². The molecule has 2 aromatic rings. The highest BCUT2D eigenvalue weighted by molar-refractivity contribution is 5.54. The minimum absolute atomic E-state index is 0.241. The van der Waals surface area contributed by atoms with E-state index in [9.17, 15) is 10.2 Å². The van der Waals surface area contributed by atoms with Crippen LogP contribution in [0.4, 0.5) is 11.4 Å². The fourth-order valence-corrected chi connectivity index (χ4v) is 3.86. The monoisotopic (exact) mass is 388 g/mol. The minimum atomic E-state index is -1.25. The Morgan fingerprint density at radius 3 is 1.52 bits per heavy atom. The first-order valence-electron chi connectivity index (χ1n) is 9.49. The fourth-order valence-electron chi connectivity index (χ4n) is 3.86. The zero-order valence-electron chi connectivity index (χ0n) is 16.0. The minimum Gasteiger partial charge on any atom is -0.466 e. The van der Waals surface area contributed by atoms with Crippen molar-refractivity contribution < 1.29 is 14.9 Å². The van der Waals surface area contributed by atoms with Gasteiger partial charge in [0.05, 0.1) is 0 Å². The molecule has 2 unspecified atom stereocenters. The van der Waals surface area contributed by atoms with E-state index in [4.69, 9.17) is 16.2 Å². The van der Waals surface area contributed by atoms with Crippen molar-refractivity contribution in [2.75, 3.05) is 11.5 Å². The summed E-state index contributed by atoms with van der Waals surface area (Å²) in [7, 11) is 0. The van der Waals surface area contributed by atoms with Crippen LogP contribution in [0, 0.1) is 0 Å². The molecular weight excluding hydrogens is 364 g/mol. The molecule has 0 amide bonds. The third kappa shape index (κ3) is 3.70. The van der Waals surface area contributed by atoms with E-state index >= 15 is 0 Å². The van der Waals surface area contributed by atoms with Crippen molar-refractivity contribution in [1.29, 1.82) is 0 Å². The summed E-state index contributed by atoms with van der Waals surface area (Å²) in [6, 6.07) is 14.5. The molecule has 0 aromatic heterocycles. The summed E-state index contributed by atoms with van der Waals surface area (Å²) in [5, 5.41) is 22.3. The molecule has 0 bridgehead atoms. The van der Waals surface area contributed by atoms with Gasteiger partial charge in [-0.25, -0.2) is 0 Å². The number of para-hydroxylation sites is 2. The third-order valence-corrected chi connectivity index (χ3v) is 5.31. The quantitative estimate of drug-likeness (QED) is 0.599. The molecule has 148 valence electrons. The van der Waals surface area contributed by atoms with Crippen molar-refractivity contribution in [3.8, 4) is 0 Å². The molecule has 5 nitrogen and oxygen atoms in total. The number of ether oxygens (including phenoxy) is 1. The zero-order valence-corrected chi connectivity index (χ0v) is 16.0. The predicted molar refractivity (Wildman–Crippen MR) is 114 cm³/mol. The van der Waals surface area contributed by atoms with Gasteiger partial charge in [0, 0.05) is 35.3 Å². The molecule has 2 aliphatic carbocycles. The van der Waals surface area contributed by atoms with Gasteiger partial charge in [-0.05, 0) is 36.4 Å². The van der Waals surface area contributed by atoms with E-state index in [-0.39, 0.29) is 12.8 Å². The molecule has 0 aliphatic heterocycles. The normalized spacial score (nSPS) is 26.0. The van der Waals surface area contributed by atoms with Crippen LogP contribution >= 0.6 is 0 Å². The largest absolute Gasteiger partial charge is 0.466 e. The van der Waals surface area contributed by atoms with Gasteiger partial charge in [-0.3, -0.25) is 0 Å². The summed E-state index contributed by atoms with van der Waals surface area (Å²) in [6.07, 6.45) is 11.0. The van der Waals surface area contributed by atoms with Crippen molar-refractivity contribution in [3.63, 3.8) is 0 Å². The summed E-state index contributed by atoms with van der Waals surface area (Å²) >= 11 is 0. The molecule has 5 heteroatoms. The first-order valence-corrected chi connectivity index (χ1v) is 9.49. The molecule has 29 heavy (non-hydrogen) atoms. The number of nitrogens with two attached hydrogens (primary N) is 2. The van der Waals surface area contributed by atoms with Crippen LogP contribution in [0.5, 0.6) is 0 Å². The maximum Gasteiger partial charge on any atom is 0.117 e. The molecule has 0 saturated carbocycles. The SMILES string of the molecule is Nc1ccccc1C1(O)C=CC=C(OC2=CC=CC(O)(c3ccccc3N)C2)C1. The van der Waals surface area contributed by atoms with E-state index in [1.807, 2.05) is 48.6 Å². The summed E-state index contributed by atoms with van der Waals surface area (Å²) in [5.41, 5.74) is 11.9. The Bertz CT molecular complexity index is 970. The summed E-state index contributed by atoms with van der Waals surface area (Å²) in [4.78, 5) is 0. The standard InChI is InChI=1S/C24H24N2O3/c25-21-11-3-1-9-19(21)23(27)13-5-7-17(15-23)29-18-8-6-14-24(28,16-18)20-10-2-4-12-22(20)26/h1-14,27-28H,15-16,25-26H2. The molecule has 4 rings (SSSR count). The predicted octanol–water partition coefficient (Wildman–Crippen LogP) is 3.63. The zero-order chi connectivity index (χ0) is 20.5. The van der Waals surface area contributed by atoms with Gasteiger partial charge in [-0.2, -0.15) is 0 Å². The van der Waals surface area contributed by atoms with E-state index in [1.165, 1.54) is 0 Å². The summed E-state index contributed by atoms with van der Waals surface area (Å²) in [5.74, 6) is 1.17. The van der Waals surface area contributed by atoms with Gasteiger partial charge in [-0.15, -0.1) is 0 Å². The van der Waals surface area contributed by atoms with E-state index in [2.05, 4.69) is 0 Å². The Morgan fingerprint density at radius 1 is 0.690 bits per heavy atom. The number of allylic oxidation sites excluding steroid dienone is 4. The first-order chi connectivity index (χ1) is 13.9. The van der Waals surface area contributed by atoms with Gasteiger partial charge in [0.1, 0.15) is 22.7 Å². The highest BCUT2D eigenvalue weighted by atomic mass is 16.5. The highest BCUT2D eigenvalue weighted by Gasteiger charge is 2.35. The van der Waals surface area contributed by atoms with Crippen LogP contribution in [0.25, 0.3) is 0 Å². The lowest BCUT2D eigenvalue weighted by Gasteiger charge is -2.32. The molecule has 0 saturated heterocycles. The van der Waals surface area contributed by atoms with Gasteiger partial charge in [-0.1, -0.05) is 48.6 Å². The molecule has 6 N–H and O–H groups in total. The number of anilines is 2. The van der Waals surface area contributed by atoms with Crippen LogP contribution in [0.2, 0.25) is 0 Å². The van der Waals surface area contributed by atoms with Gasteiger partial charge in [0.2, 0.25) is 0 Å². The molecule has 0 spiro atoms. The topological polar surface area (TPSA) is 102 Å². The Labute approximate surface area is 169 Å². The average Bonchev–Trinajstić information content (AvgIpc) is 2.68. The van der Waals surface area contributed by atoms with Crippen molar-refractivity contribution in [1.82, 2.24) is 0 Å². The van der Waals surface area contributed by atoms with E-state index in [0.29, 0.717) is 34.0 Å². The summed E-state index contributed by atoms with van der Waals surface area (Å²) < 4.78 is 6.06. The molecule has 0 heterocycles. The van der Waals surface area contributed by atoms with Crippen molar-refractivity contribution >= 4 is 11.4 Å². The number of rotatable bonds is 4. The second kappa shape index (κ2) is 7.28. The highest BCUT2D eigenvalue weighted by Crippen LogP contribution is 2.40. The smallest absolute Gasteiger partial charge is 0.117 e. The lowest BCUT2D eigenvalue weighted by molar-refractivity contribution is 0.0547. The Morgan fingerprint density at radius 2 is 1.10 bits per heavy atom. The number of aliphatic hydroxyl groups is 2. The third-order valence-electron chi connectivity index (χ3n) is 5.31. The Hall–Kier alpha value is -3.28. The lowest BCUT2D eigenvalue weighted by atomic mass is 9.84. The van der Waals surface area contributed by atoms with Crippen LogP contribution in [0.15, 0.2) is 96.5 Å². The van der Waals surface area contributed by atoms with Crippen LogP contribution < -0.4 is 11.5 Å². The Balaban J connectivity index is 1.53. The van der Waals surface area contributed by atoms with E-state index in [1.54, 1.807) is 36.4 Å². The number of hydrogen-bond acceptors (Lipinski definition) is 5.